The maximum absolute atomic E-state index is 13.7. The molecule has 1 aliphatic carbocycles. The number of hydrogen-bond acceptors (Lipinski definition) is 4. The number of benzene rings is 1. The number of hydrogen-bond donors (Lipinski definition) is 2. The van der Waals surface area contributed by atoms with Crippen molar-refractivity contribution >= 4 is 17.6 Å². The van der Waals surface area contributed by atoms with Gasteiger partial charge in [0.15, 0.2) is 5.82 Å². The summed E-state index contributed by atoms with van der Waals surface area (Å²) in [6.45, 7) is -0.216. The van der Waals surface area contributed by atoms with Gasteiger partial charge in [-0.05, 0) is 12.8 Å². The maximum atomic E-state index is 13.7. The zero-order chi connectivity index (χ0) is 14.2. The van der Waals surface area contributed by atoms with E-state index in [4.69, 9.17) is 16.7 Å². The highest BCUT2D eigenvalue weighted by Crippen LogP contribution is 2.37. The number of esters is 1. The van der Waals surface area contributed by atoms with Gasteiger partial charge in [-0.3, -0.25) is 10.1 Å². The lowest BCUT2D eigenvalue weighted by molar-refractivity contribution is -0.144. The van der Waals surface area contributed by atoms with Crippen LogP contribution in [-0.2, 0) is 16.1 Å². The number of aromatic hydroxyl groups is 1. The Kier molecular flexibility index (Phi) is 3.64. The van der Waals surface area contributed by atoms with E-state index in [1.807, 2.05) is 0 Å². The second-order valence-corrected chi connectivity index (χ2v) is 4.79. The third-order valence-electron chi connectivity index (χ3n) is 3.16. The van der Waals surface area contributed by atoms with E-state index in [0.29, 0.717) is 12.8 Å². The van der Waals surface area contributed by atoms with Gasteiger partial charge in [0.2, 0.25) is 0 Å². The van der Waals surface area contributed by atoms with Crippen LogP contribution in [0.4, 0.5) is 8.78 Å². The molecule has 0 radical (unpaired) electrons. The van der Waals surface area contributed by atoms with E-state index in [2.05, 4.69) is 10.1 Å². The van der Waals surface area contributed by atoms with E-state index in [9.17, 15) is 13.6 Å². The summed E-state index contributed by atoms with van der Waals surface area (Å²) in [5.41, 5.74) is -1.18. The van der Waals surface area contributed by atoms with E-state index >= 15 is 0 Å². The number of phenols is 1. The van der Waals surface area contributed by atoms with Crippen molar-refractivity contribution in [3.05, 3.63) is 28.3 Å². The van der Waals surface area contributed by atoms with Gasteiger partial charge in [-0.25, -0.2) is 8.78 Å². The minimum absolute atomic E-state index is 0.216. The molecule has 0 aromatic heterocycles. The van der Waals surface area contributed by atoms with Crippen molar-refractivity contribution in [2.24, 2.45) is 0 Å². The predicted molar refractivity (Wildman–Crippen MR) is 63.9 cm³/mol. The lowest BCUT2D eigenvalue weighted by atomic mass is 10.1. The number of nitrogens with one attached hydrogen (secondary N) is 1. The fraction of sp³-hybridized carbons (Fsp3) is 0.417. The largest absolute Gasteiger partial charge is 0.506 e. The van der Waals surface area contributed by atoms with Crippen LogP contribution in [0.1, 0.15) is 18.4 Å². The van der Waals surface area contributed by atoms with Gasteiger partial charge in [0.25, 0.3) is 0 Å². The van der Waals surface area contributed by atoms with E-state index in [1.54, 1.807) is 0 Å². The van der Waals surface area contributed by atoms with Gasteiger partial charge >= 0.3 is 5.97 Å². The average molecular weight is 292 g/mol. The SMILES string of the molecule is COC(=O)C1(NCc2c(F)cc(O)c(Cl)c2F)CC1. The topological polar surface area (TPSA) is 58.6 Å². The van der Waals surface area contributed by atoms with Crippen LogP contribution in [0.25, 0.3) is 0 Å². The monoisotopic (exact) mass is 291 g/mol. The Balaban J connectivity index is 2.17. The summed E-state index contributed by atoms with van der Waals surface area (Å²) >= 11 is 5.50. The highest BCUT2D eigenvalue weighted by atomic mass is 35.5. The molecule has 0 spiro atoms. The molecule has 0 bridgehead atoms. The van der Waals surface area contributed by atoms with Gasteiger partial charge in [-0.15, -0.1) is 0 Å². The normalized spacial score (nSPS) is 16.2. The summed E-state index contributed by atoms with van der Waals surface area (Å²) < 4.78 is 31.9. The molecule has 4 nitrogen and oxygen atoms in total. The number of carbonyl (C=O) groups is 1. The molecule has 1 aromatic carbocycles. The number of rotatable bonds is 4. The van der Waals surface area contributed by atoms with Gasteiger partial charge in [-0.2, -0.15) is 0 Å². The maximum Gasteiger partial charge on any atom is 0.326 e. The second kappa shape index (κ2) is 4.94. The molecule has 0 aliphatic heterocycles. The highest BCUT2D eigenvalue weighted by Gasteiger charge is 2.50. The van der Waals surface area contributed by atoms with Gasteiger partial charge in [0, 0.05) is 18.2 Å². The molecule has 1 saturated carbocycles. The van der Waals surface area contributed by atoms with Crippen LogP contribution in [0.5, 0.6) is 5.75 Å². The molecule has 19 heavy (non-hydrogen) atoms. The zero-order valence-electron chi connectivity index (χ0n) is 10.1. The number of methoxy groups -OCH3 is 1. The molecule has 1 aromatic rings. The van der Waals surface area contributed by atoms with E-state index in [-0.39, 0.29) is 12.1 Å². The third-order valence-corrected chi connectivity index (χ3v) is 3.52. The molecule has 0 saturated heterocycles. The van der Waals surface area contributed by atoms with Gasteiger partial charge in [0.1, 0.15) is 22.1 Å². The molecule has 104 valence electrons. The van der Waals surface area contributed by atoms with Crippen molar-refractivity contribution in [1.29, 1.82) is 0 Å². The number of halogens is 3. The second-order valence-electron chi connectivity index (χ2n) is 4.41. The molecule has 2 N–H and O–H groups in total. The Labute approximate surface area is 113 Å². The van der Waals surface area contributed by atoms with E-state index < -0.39 is 33.9 Å². The van der Waals surface area contributed by atoms with Crippen LogP contribution in [0.15, 0.2) is 6.07 Å². The first kappa shape index (κ1) is 14.0. The minimum atomic E-state index is -1.03. The first-order chi connectivity index (χ1) is 8.91. The first-order valence-electron chi connectivity index (χ1n) is 5.60. The molecule has 0 amide bonds. The summed E-state index contributed by atoms with van der Waals surface area (Å²) in [5, 5.41) is 11.4. The van der Waals surface area contributed by atoms with Crippen LogP contribution in [0.2, 0.25) is 5.02 Å². The smallest absolute Gasteiger partial charge is 0.326 e. The molecular formula is C12H12ClF2NO3. The van der Waals surface area contributed by atoms with Crippen LogP contribution >= 0.6 is 11.6 Å². The average Bonchev–Trinajstić information content (AvgIpc) is 3.16. The van der Waals surface area contributed by atoms with E-state index in [0.717, 1.165) is 6.07 Å². The van der Waals surface area contributed by atoms with Gasteiger partial charge in [-0.1, -0.05) is 11.6 Å². The Hall–Kier alpha value is -1.40. The zero-order valence-corrected chi connectivity index (χ0v) is 10.9. The van der Waals surface area contributed by atoms with E-state index in [1.165, 1.54) is 7.11 Å². The fourth-order valence-corrected chi connectivity index (χ4v) is 1.98. The molecule has 7 heteroatoms. The third kappa shape index (κ3) is 2.50. The van der Waals surface area contributed by atoms with Crippen LogP contribution in [0, 0.1) is 11.6 Å². The number of phenolic OH excluding ortho intramolecular Hbond substituents is 1. The lowest BCUT2D eigenvalue weighted by Gasteiger charge is -2.16. The summed E-state index contributed by atoms with van der Waals surface area (Å²) in [7, 11) is 1.25. The summed E-state index contributed by atoms with van der Waals surface area (Å²) in [5.74, 6) is -3.08. The summed E-state index contributed by atoms with van der Waals surface area (Å²) in [6, 6.07) is 0.736. The summed E-state index contributed by atoms with van der Waals surface area (Å²) in [6.07, 6.45) is 1.10. The molecular weight excluding hydrogens is 280 g/mol. The molecule has 0 atom stereocenters. The number of carbonyl (C=O) groups excluding carboxylic acids is 1. The van der Waals surface area contributed by atoms with Crippen molar-refractivity contribution < 1.29 is 23.4 Å². The van der Waals surface area contributed by atoms with Crippen LogP contribution in [0.3, 0.4) is 0 Å². The Morgan fingerprint density at radius 1 is 1.58 bits per heavy atom. The molecule has 1 aliphatic rings. The predicted octanol–water partition coefficient (Wildman–Crippen LogP) is 2.12. The Bertz CT molecular complexity index is 532. The van der Waals surface area contributed by atoms with Crippen LogP contribution < -0.4 is 5.32 Å². The van der Waals surface area contributed by atoms with Crippen molar-refractivity contribution in [3.63, 3.8) is 0 Å². The first-order valence-corrected chi connectivity index (χ1v) is 5.98. The lowest BCUT2D eigenvalue weighted by Crippen LogP contribution is -2.40. The Morgan fingerprint density at radius 3 is 2.74 bits per heavy atom. The van der Waals surface area contributed by atoms with Crippen molar-refractivity contribution in [2.75, 3.05) is 7.11 Å². The quantitative estimate of drug-likeness (QED) is 0.659. The highest BCUT2D eigenvalue weighted by molar-refractivity contribution is 6.32. The number of ether oxygens (including phenoxy) is 1. The Morgan fingerprint density at radius 2 is 2.21 bits per heavy atom. The summed E-state index contributed by atoms with van der Waals surface area (Å²) in [4.78, 5) is 11.5. The van der Waals surface area contributed by atoms with Gasteiger partial charge in [0.05, 0.1) is 7.11 Å². The van der Waals surface area contributed by atoms with Crippen LogP contribution in [-0.4, -0.2) is 23.7 Å². The molecule has 0 heterocycles. The molecule has 1 fully saturated rings. The van der Waals surface area contributed by atoms with Crippen molar-refractivity contribution in [3.8, 4) is 5.75 Å². The standard InChI is InChI=1S/C12H12ClF2NO3/c1-19-11(18)12(2-3-12)16-5-6-7(14)4-8(17)9(13)10(6)15/h4,16-17H,2-3,5H2,1H3. The molecule has 2 rings (SSSR count). The fourth-order valence-electron chi connectivity index (χ4n) is 1.81. The van der Waals surface area contributed by atoms with Gasteiger partial charge < -0.3 is 9.84 Å². The van der Waals surface area contributed by atoms with Crippen molar-refractivity contribution in [2.45, 2.75) is 24.9 Å². The minimum Gasteiger partial charge on any atom is -0.506 e. The molecule has 0 unspecified atom stereocenters. The van der Waals surface area contributed by atoms with Crippen molar-refractivity contribution in [1.82, 2.24) is 5.32 Å².